The van der Waals surface area contributed by atoms with Crippen molar-refractivity contribution in [1.82, 2.24) is 10.2 Å². The Morgan fingerprint density at radius 1 is 1.03 bits per heavy atom. The average molecular weight is 425 g/mol. The van der Waals surface area contributed by atoms with Crippen LogP contribution in [-0.2, 0) is 21.5 Å². The number of benzene rings is 2. The van der Waals surface area contributed by atoms with E-state index in [4.69, 9.17) is 4.74 Å². The summed E-state index contributed by atoms with van der Waals surface area (Å²) in [5.41, 5.74) is 3.08. The van der Waals surface area contributed by atoms with Gasteiger partial charge in [-0.15, -0.1) is 0 Å². The normalized spacial score (nSPS) is 12.2. The zero-order valence-electron chi connectivity index (χ0n) is 19.7. The topological polar surface area (TPSA) is 58.6 Å². The van der Waals surface area contributed by atoms with Crippen LogP contribution in [0.3, 0.4) is 0 Å². The zero-order valence-corrected chi connectivity index (χ0v) is 19.7. The smallest absolute Gasteiger partial charge is 0.261 e. The monoisotopic (exact) mass is 424 g/mol. The second kappa shape index (κ2) is 11.0. The summed E-state index contributed by atoms with van der Waals surface area (Å²) in [6, 6.07) is 15.3. The largest absolute Gasteiger partial charge is 0.483 e. The molecule has 0 fully saturated rings. The van der Waals surface area contributed by atoms with Crippen LogP contribution in [-0.4, -0.2) is 35.9 Å². The summed E-state index contributed by atoms with van der Waals surface area (Å²) in [6.45, 7) is 12.9. The van der Waals surface area contributed by atoms with Crippen LogP contribution < -0.4 is 10.1 Å². The molecule has 0 spiro atoms. The highest BCUT2D eigenvalue weighted by molar-refractivity contribution is 5.88. The minimum absolute atomic E-state index is 0.103. The number of nitrogens with one attached hydrogen (secondary N) is 1. The highest BCUT2D eigenvalue weighted by Crippen LogP contribution is 2.31. The van der Waals surface area contributed by atoms with Crippen LogP contribution in [0.4, 0.5) is 0 Å². The standard InChI is InChI=1S/C26H36N2O3/c1-7-22(25(30)27-8-2)28(17-20-15-13-19(3)14-16-20)24(29)18-31-23-12-10-9-11-21(23)26(4,5)6/h9-16,22H,7-8,17-18H2,1-6H3,(H,27,30). The molecule has 1 atom stereocenters. The number of para-hydroxylation sites is 1. The van der Waals surface area contributed by atoms with Gasteiger partial charge in [0, 0.05) is 13.1 Å². The molecule has 0 aromatic heterocycles. The minimum atomic E-state index is -0.546. The number of hydrogen-bond acceptors (Lipinski definition) is 3. The molecule has 2 rings (SSSR count). The molecular weight excluding hydrogens is 388 g/mol. The number of amides is 2. The molecule has 0 aliphatic heterocycles. The molecule has 2 aromatic carbocycles. The first kappa shape index (κ1) is 24.4. The number of nitrogens with zero attached hydrogens (tertiary/aromatic N) is 1. The van der Waals surface area contributed by atoms with Crippen molar-refractivity contribution in [3.8, 4) is 5.75 Å². The number of rotatable bonds is 9. The highest BCUT2D eigenvalue weighted by Gasteiger charge is 2.29. The van der Waals surface area contributed by atoms with Crippen LogP contribution >= 0.6 is 0 Å². The van der Waals surface area contributed by atoms with Gasteiger partial charge < -0.3 is 15.0 Å². The number of aryl methyl sites for hydroxylation is 1. The Morgan fingerprint density at radius 3 is 2.26 bits per heavy atom. The lowest BCUT2D eigenvalue weighted by Crippen LogP contribution is -2.50. The summed E-state index contributed by atoms with van der Waals surface area (Å²) in [6.07, 6.45) is 0.530. The van der Waals surface area contributed by atoms with Crippen molar-refractivity contribution in [2.75, 3.05) is 13.2 Å². The molecule has 0 saturated heterocycles. The average Bonchev–Trinajstić information content (AvgIpc) is 2.73. The molecule has 0 bridgehead atoms. The molecule has 1 N–H and O–H groups in total. The summed E-state index contributed by atoms with van der Waals surface area (Å²) in [7, 11) is 0. The molecule has 0 aliphatic rings. The van der Waals surface area contributed by atoms with E-state index >= 15 is 0 Å². The van der Waals surface area contributed by atoms with Crippen molar-refractivity contribution in [2.45, 2.75) is 66.0 Å². The lowest BCUT2D eigenvalue weighted by Gasteiger charge is -2.31. The van der Waals surface area contributed by atoms with E-state index in [9.17, 15) is 9.59 Å². The SMILES string of the molecule is CCNC(=O)C(CC)N(Cc1ccc(C)cc1)C(=O)COc1ccccc1C(C)(C)C. The summed E-state index contributed by atoms with van der Waals surface area (Å²) >= 11 is 0. The van der Waals surface area contributed by atoms with Crippen molar-refractivity contribution >= 4 is 11.8 Å². The maximum Gasteiger partial charge on any atom is 0.261 e. The van der Waals surface area contributed by atoms with E-state index < -0.39 is 6.04 Å². The van der Waals surface area contributed by atoms with Crippen LogP contribution in [0.2, 0.25) is 0 Å². The van der Waals surface area contributed by atoms with E-state index in [1.807, 2.05) is 69.3 Å². The predicted octanol–water partition coefficient (Wildman–Crippen LogP) is 4.61. The first-order valence-corrected chi connectivity index (χ1v) is 11.0. The quantitative estimate of drug-likeness (QED) is 0.639. The van der Waals surface area contributed by atoms with Crippen LogP contribution in [0.1, 0.15) is 57.7 Å². The second-order valence-corrected chi connectivity index (χ2v) is 8.86. The fourth-order valence-corrected chi connectivity index (χ4v) is 3.54. The van der Waals surface area contributed by atoms with Gasteiger partial charge in [0.15, 0.2) is 6.61 Å². The van der Waals surface area contributed by atoms with Gasteiger partial charge >= 0.3 is 0 Å². The molecule has 2 amide bonds. The maximum atomic E-state index is 13.3. The summed E-state index contributed by atoms with van der Waals surface area (Å²) in [5.74, 6) is 0.354. The van der Waals surface area contributed by atoms with Crippen molar-refractivity contribution < 1.29 is 14.3 Å². The molecule has 0 saturated carbocycles. The van der Waals surface area contributed by atoms with E-state index in [1.54, 1.807) is 4.90 Å². The van der Waals surface area contributed by atoms with Crippen molar-refractivity contribution in [3.63, 3.8) is 0 Å². The summed E-state index contributed by atoms with van der Waals surface area (Å²) in [4.78, 5) is 27.6. The predicted molar refractivity (Wildman–Crippen MR) is 125 cm³/mol. The van der Waals surface area contributed by atoms with Crippen molar-refractivity contribution in [3.05, 3.63) is 65.2 Å². The van der Waals surface area contributed by atoms with E-state index in [1.165, 1.54) is 0 Å². The Kier molecular flexibility index (Phi) is 8.66. The minimum Gasteiger partial charge on any atom is -0.483 e. The Labute approximate surface area is 186 Å². The van der Waals surface area contributed by atoms with Gasteiger partial charge in [0.2, 0.25) is 5.91 Å². The lowest BCUT2D eigenvalue weighted by atomic mass is 9.86. The van der Waals surface area contributed by atoms with Crippen LogP contribution in [0.5, 0.6) is 5.75 Å². The number of hydrogen-bond donors (Lipinski definition) is 1. The first-order chi connectivity index (χ1) is 14.7. The molecular formula is C26H36N2O3. The Balaban J connectivity index is 2.25. The van der Waals surface area contributed by atoms with Crippen molar-refractivity contribution in [2.24, 2.45) is 0 Å². The molecule has 5 nitrogen and oxygen atoms in total. The van der Waals surface area contributed by atoms with Gasteiger partial charge in [-0.1, -0.05) is 75.7 Å². The fourth-order valence-electron chi connectivity index (χ4n) is 3.54. The van der Waals surface area contributed by atoms with Gasteiger partial charge in [0.25, 0.3) is 5.91 Å². The van der Waals surface area contributed by atoms with E-state index in [0.717, 1.165) is 16.7 Å². The van der Waals surface area contributed by atoms with Crippen LogP contribution in [0, 0.1) is 6.92 Å². The van der Waals surface area contributed by atoms with Gasteiger partial charge in [0.05, 0.1) is 0 Å². The molecule has 1 unspecified atom stereocenters. The third-order valence-electron chi connectivity index (χ3n) is 5.26. The first-order valence-electron chi connectivity index (χ1n) is 11.0. The number of likely N-dealkylation sites (N-methyl/N-ethyl adjacent to an activating group) is 1. The Hall–Kier alpha value is -2.82. The van der Waals surface area contributed by atoms with Crippen LogP contribution in [0.15, 0.2) is 48.5 Å². The van der Waals surface area contributed by atoms with Crippen LogP contribution in [0.25, 0.3) is 0 Å². The third kappa shape index (κ3) is 6.84. The number of carbonyl (C=O) groups is 2. The van der Waals surface area contributed by atoms with Gasteiger partial charge in [-0.05, 0) is 42.9 Å². The van der Waals surface area contributed by atoms with E-state index in [-0.39, 0.29) is 23.8 Å². The molecule has 31 heavy (non-hydrogen) atoms. The summed E-state index contributed by atoms with van der Waals surface area (Å²) in [5, 5.41) is 2.86. The summed E-state index contributed by atoms with van der Waals surface area (Å²) < 4.78 is 5.97. The molecule has 0 heterocycles. The van der Waals surface area contributed by atoms with E-state index in [2.05, 4.69) is 26.1 Å². The Bertz CT molecular complexity index is 869. The zero-order chi connectivity index (χ0) is 23.0. The van der Waals surface area contributed by atoms with Gasteiger partial charge in [-0.3, -0.25) is 9.59 Å². The van der Waals surface area contributed by atoms with Gasteiger partial charge in [-0.2, -0.15) is 0 Å². The third-order valence-corrected chi connectivity index (χ3v) is 5.26. The molecule has 168 valence electrons. The number of ether oxygens (including phenoxy) is 1. The Morgan fingerprint density at radius 2 is 1.68 bits per heavy atom. The van der Waals surface area contributed by atoms with E-state index in [0.29, 0.717) is 25.3 Å². The maximum absolute atomic E-state index is 13.3. The molecule has 5 heteroatoms. The fraction of sp³-hybridized carbons (Fsp3) is 0.462. The van der Waals surface area contributed by atoms with Crippen molar-refractivity contribution in [1.29, 1.82) is 0 Å². The number of carbonyl (C=O) groups excluding carboxylic acids is 2. The second-order valence-electron chi connectivity index (χ2n) is 8.86. The van der Waals surface area contributed by atoms with Gasteiger partial charge in [-0.25, -0.2) is 0 Å². The molecule has 2 aromatic rings. The lowest BCUT2D eigenvalue weighted by molar-refractivity contribution is -0.142. The molecule has 0 radical (unpaired) electrons. The molecule has 0 aliphatic carbocycles. The highest BCUT2D eigenvalue weighted by atomic mass is 16.5. The van der Waals surface area contributed by atoms with Gasteiger partial charge in [0.1, 0.15) is 11.8 Å².